The summed E-state index contributed by atoms with van der Waals surface area (Å²) in [5.41, 5.74) is 0.461. The summed E-state index contributed by atoms with van der Waals surface area (Å²) in [6, 6.07) is 0. The number of rotatable bonds is 5. The van der Waals surface area contributed by atoms with Gasteiger partial charge in [-0.15, -0.1) is 0 Å². The van der Waals surface area contributed by atoms with Gasteiger partial charge in [0.2, 0.25) is 0 Å². The van der Waals surface area contributed by atoms with Crippen molar-refractivity contribution in [2.45, 2.75) is 71.3 Å². The molecule has 1 unspecified atom stereocenters. The third-order valence-corrected chi connectivity index (χ3v) is 5.86. The van der Waals surface area contributed by atoms with Crippen LogP contribution in [0.2, 0.25) is 0 Å². The van der Waals surface area contributed by atoms with E-state index in [0.717, 1.165) is 30.6 Å². The fraction of sp³-hybridized carbons (Fsp3) is 0.882. The Balaban J connectivity index is 1.62. The lowest BCUT2D eigenvalue weighted by Gasteiger charge is -2.57. The van der Waals surface area contributed by atoms with Gasteiger partial charge >= 0.3 is 5.97 Å². The Kier molecular flexibility index (Phi) is 3.64. The zero-order valence-electron chi connectivity index (χ0n) is 12.7. The third-order valence-electron chi connectivity index (χ3n) is 5.86. The average molecular weight is 278 g/mol. The number of carbonyl (C=O) groups is 2. The van der Waals surface area contributed by atoms with Gasteiger partial charge in [0.1, 0.15) is 0 Å². The molecule has 0 heterocycles. The molecule has 0 radical (unpaired) electrons. The first-order valence-corrected chi connectivity index (χ1v) is 8.13. The second-order valence-corrected chi connectivity index (χ2v) is 7.66. The molecule has 0 aromatic heterocycles. The Morgan fingerprint density at radius 2 is 1.55 bits per heavy atom. The maximum absolute atomic E-state index is 11.6. The monoisotopic (exact) mass is 278 g/mol. The Hall–Kier alpha value is -0.860. The van der Waals surface area contributed by atoms with Crippen molar-refractivity contribution in [2.24, 2.45) is 23.2 Å². The van der Waals surface area contributed by atoms with E-state index in [9.17, 15) is 9.59 Å². The molecule has 4 saturated carbocycles. The van der Waals surface area contributed by atoms with Crippen LogP contribution in [0.4, 0.5) is 0 Å². The fourth-order valence-corrected chi connectivity index (χ4v) is 5.58. The number of hydrogen-bond donors (Lipinski definition) is 0. The third kappa shape index (κ3) is 2.77. The highest BCUT2D eigenvalue weighted by Gasteiger charge is 2.50. The average Bonchev–Trinajstić information content (AvgIpc) is 2.32. The van der Waals surface area contributed by atoms with Gasteiger partial charge < -0.3 is 4.74 Å². The molecule has 0 amide bonds. The van der Waals surface area contributed by atoms with E-state index in [-0.39, 0.29) is 11.8 Å². The van der Waals surface area contributed by atoms with Gasteiger partial charge in [-0.05, 0) is 81.5 Å². The molecule has 0 spiro atoms. The van der Waals surface area contributed by atoms with Gasteiger partial charge in [0.15, 0.2) is 11.9 Å². The molecule has 4 bridgehead atoms. The van der Waals surface area contributed by atoms with Crippen LogP contribution in [0.15, 0.2) is 0 Å². The Morgan fingerprint density at radius 3 is 1.95 bits per heavy atom. The highest BCUT2D eigenvalue weighted by atomic mass is 16.5. The summed E-state index contributed by atoms with van der Waals surface area (Å²) in [4.78, 5) is 22.7. The van der Waals surface area contributed by atoms with E-state index in [1.807, 2.05) is 0 Å². The molecule has 0 N–H and O–H groups in total. The number of carbonyl (C=O) groups excluding carboxylic acids is 2. The standard InChI is InChI=1S/C17H26O3/c1-11(18)16(20-12(2)19)3-4-17-8-13-5-14(9-17)7-15(6-13)10-17/h13-16H,3-10H2,1-2H3. The highest BCUT2D eigenvalue weighted by molar-refractivity contribution is 5.82. The van der Waals surface area contributed by atoms with Crippen LogP contribution in [-0.2, 0) is 14.3 Å². The van der Waals surface area contributed by atoms with Crippen molar-refractivity contribution < 1.29 is 14.3 Å². The van der Waals surface area contributed by atoms with Crippen LogP contribution >= 0.6 is 0 Å². The summed E-state index contributed by atoms with van der Waals surface area (Å²) in [6.45, 7) is 2.92. The first-order valence-electron chi connectivity index (χ1n) is 8.13. The van der Waals surface area contributed by atoms with Gasteiger partial charge in [0.05, 0.1) is 0 Å². The van der Waals surface area contributed by atoms with E-state index < -0.39 is 6.10 Å². The molecule has 0 saturated heterocycles. The van der Waals surface area contributed by atoms with Crippen LogP contribution in [0.3, 0.4) is 0 Å². The van der Waals surface area contributed by atoms with Gasteiger partial charge in [-0.1, -0.05) is 0 Å². The Bertz CT molecular complexity index is 377. The first-order chi connectivity index (χ1) is 9.46. The van der Waals surface area contributed by atoms with Crippen molar-refractivity contribution in [1.82, 2.24) is 0 Å². The van der Waals surface area contributed by atoms with Gasteiger partial charge in [0, 0.05) is 6.92 Å². The quantitative estimate of drug-likeness (QED) is 0.723. The molecule has 1 atom stereocenters. The first kappa shape index (κ1) is 14.1. The smallest absolute Gasteiger partial charge is 0.303 e. The number of Topliss-reactive ketones (excluding diaryl/α,β-unsaturated/α-hetero) is 1. The Labute approximate surface area is 121 Å². The van der Waals surface area contributed by atoms with Gasteiger partial charge in [-0.2, -0.15) is 0 Å². The van der Waals surface area contributed by atoms with Gasteiger partial charge in [-0.25, -0.2) is 0 Å². The summed E-state index contributed by atoms with van der Waals surface area (Å²) >= 11 is 0. The zero-order chi connectivity index (χ0) is 14.3. The maximum atomic E-state index is 11.6. The van der Waals surface area contributed by atoms with E-state index in [2.05, 4.69) is 0 Å². The van der Waals surface area contributed by atoms with E-state index in [4.69, 9.17) is 4.74 Å². The molecule has 112 valence electrons. The topological polar surface area (TPSA) is 43.4 Å². The minimum absolute atomic E-state index is 0.00933. The van der Waals surface area contributed by atoms with Crippen LogP contribution < -0.4 is 0 Å². The summed E-state index contributed by atoms with van der Waals surface area (Å²) in [7, 11) is 0. The van der Waals surface area contributed by atoms with Crippen LogP contribution in [0.25, 0.3) is 0 Å². The van der Waals surface area contributed by atoms with Crippen LogP contribution in [0.1, 0.15) is 65.2 Å². The van der Waals surface area contributed by atoms with Crippen molar-refractivity contribution in [3.05, 3.63) is 0 Å². The van der Waals surface area contributed by atoms with Crippen LogP contribution in [-0.4, -0.2) is 17.9 Å². The van der Waals surface area contributed by atoms with Crippen molar-refractivity contribution >= 4 is 11.8 Å². The summed E-state index contributed by atoms with van der Waals surface area (Å²) in [5.74, 6) is 2.46. The molecule has 3 nitrogen and oxygen atoms in total. The number of ether oxygens (including phenoxy) is 1. The van der Waals surface area contributed by atoms with Crippen LogP contribution in [0, 0.1) is 23.2 Å². The minimum Gasteiger partial charge on any atom is -0.455 e. The lowest BCUT2D eigenvalue weighted by atomic mass is 9.48. The van der Waals surface area contributed by atoms with E-state index in [1.165, 1.54) is 52.4 Å². The molecule has 4 aliphatic rings. The number of ketones is 1. The van der Waals surface area contributed by atoms with Crippen LogP contribution in [0.5, 0.6) is 0 Å². The normalized spacial score (nSPS) is 39.6. The molecule has 0 aromatic carbocycles. The molecule has 0 aliphatic heterocycles. The second kappa shape index (κ2) is 5.16. The largest absolute Gasteiger partial charge is 0.455 e. The molecular formula is C17H26O3. The molecule has 4 rings (SSSR count). The van der Waals surface area contributed by atoms with E-state index in [1.54, 1.807) is 0 Å². The van der Waals surface area contributed by atoms with Gasteiger partial charge in [-0.3, -0.25) is 9.59 Å². The van der Waals surface area contributed by atoms with Gasteiger partial charge in [0.25, 0.3) is 0 Å². The lowest BCUT2D eigenvalue weighted by Crippen LogP contribution is -2.46. The van der Waals surface area contributed by atoms with Crippen molar-refractivity contribution in [1.29, 1.82) is 0 Å². The van der Waals surface area contributed by atoms with E-state index >= 15 is 0 Å². The maximum Gasteiger partial charge on any atom is 0.303 e. The highest BCUT2D eigenvalue weighted by Crippen LogP contribution is 2.61. The predicted octanol–water partition coefficient (Wildman–Crippen LogP) is 3.50. The zero-order valence-corrected chi connectivity index (χ0v) is 12.7. The number of esters is 1. The lowest BCUT2D eigenvalue weighted by molar-refractivity contribution is -0.153. The number of hydrogen-bond acceptors (Lipinski definition) is 3. The molecule has 4 fully saturated rings. The summed E-state index contributed by atoms with van der Waals surface area (Å²) in [6.07, 6.45) is 9.66. The fourth-order valence-electron chi connectivity index (χ4n) is 5.58. The molecular weight excluding hydrogens is 252 g/mol. The summed E-state index contributed by atoms with van der Waals surface area (Å²) < 4.78 is 5.19. The van der Waals surface area contributed by atoms with E-state index in [0.29, 0.717) is 5.41 Å². The predicted molar refractivity (Wildman–Crippen MR) is 76.1 cm³/mol. The molecule has 4 aliphatic carbocycles. The SMILES string of the molecule is CC(=O)OC(CCC12CC3CC(CC(C3)C1)C2)C(C)=O. The minimum atomic E-state index is -0.513. The second-order valence-electron chi connectivity index (χ2n) is 7.66. The summed E-state index contributed by atoms with van der Waals surface area (Å²) in [5, 5.41) is 0. The van der Waals surface area contributed by atoms with Crippen molar-refractivity contribution in [2.75, 3.05) is 0 Å². The molecule has 3 heteroatoms. The molecule has 0 aromatic rings. The Morgan fingerprint density at radius 1 is 1.05 bits per heavy atom. The van der Waals surface area contributed by atoms with Crippen molar-refractivity contribution in [3.8, 4) is 0 Å². The molecule has 20 heavy (non-hydrogen) atoms. The van der Waals surface area contributed by atoms with Crippen molar-refractivity contribution in [3.63, 3.8) is 0 Å².